The van der Waals surface area contributed by atoms with E-state index in [9.17, 15) is 10.1 Å². The number of rotatable bonds is 9. The lowest BCUT2D eigenvalue weighted by molar-refractivity contribution is -0.392. The molecule has 0 bridgehead atoms. The van der Waals surface area contributed by atoms with Crippen molar-refractivity contribution in [2.45, 2.75) is 26.6 Å². The molecule has 2 heterocycles. The van der Waals surface area contributed by atoms with Crippen LogP contribution in [0.5, 0.6) is 11.5 Å². The summed E-state index contributed by atoms with van der Waals surface area (Å²) in [5.74, 6) is 1.91. The summed E-state index contributed by atoms with van der Waals surface area (Å²) in [6.45, 7) is 3.01. The van der Waals surface area contributed by atoms with E-state index in [-0.39, 0.29) is 5.82 Å². The van der Waals surface area contributed by atoms with Gasteiger partial charge in [-0.1, -0.05) is 5.21 Å². The number of aromatic nitrogens is 5. The van der Waals surface area contributed by atoms with Crippen LogP contribution < -0.4 is 14.8 Å². The predicted molar refractivity (Wildman–Crippen MR) is 101 cm³/mol. The van der Waals surface area contributed by atoms with Crippen LogP contribution in [0.2, 0.25) is 0 Å². The lowest BCUT2D eigenvalue weighted by Crippen LogP contribution is -2.11. The molecule has 2 aromatic heterocycles. The molecule has 0 unspecified atom stereocenters. The number of nitrogens with one attached hydrogen (secondary N) is 1. The highest BCUT2D eigenvalue weighted by Crippen LogP contribution is 2.26. The summed E-state index contributed by atoms with van der Waals surface area (Å²) < 4.78 is 13.7. The number of ether oxygens (including phenoxy) is 2. The van der Waals surface area contributed by atoms with Crippen molar-refractivity contribution in [3.8, 4) is 11.5 Å². The first-order valence-electron chi connectivity index (χ1n) is 8.52. The molecule has 1 aromatic carbocycles. The molecule has 11 heteroatoms. The molecule has 0 spiro atoms. The number of hydrogen-bond acceptors (Lipinski definition) is 8. The van der Waals surface area contributed by atoms with Crippen LogP contribution in [-0.4, -0.2) is 43.7 Å². The molecule has 28 heavy (non-hydrogen) atoms. The summed E-state index contributed by atoms with van der Waals surface area (Å²) >= 11 is 0. The fraction of sp³-hybridized carbons (Fsp3) is 0.353. The zero-order valence-electron chi connectivity index (χ0n) is 15.8. The van der Waals surface area contributed by atoms with Crippen LogP contribution in [0.4, 0.5) is 11.5 Å². The average Bonchev–Trinajstić information content (AvgIpc) is 3.30. The second-order valence-corrected chi connectivity index (χ2v) is 6.00. The fourth-order valence-corrected chi connectivity index (χ4v) is 2.71. The number of anilines is 1. The Hall–Kier alpha value is -3.63. The Labute approximate surface area is 161 Å². The van der Waals surface area contributed by atoms with Gasteiger partial charge in [0.25, 0.3) is 0 Å². The Morgan fingerprint density at radius 3 is 2.54 bits per heavy atom. The molecule has 3 aromatic rings. The van der Waals surface area contributed by atoms with Gasteiger partial charge in [0.2, 0.25) is 0 Å². The zero-order valence-corrected chi connectivity index (χ0v) is 15.8. The van der Waals surface area contributed by atoms with E-state index >= 15 is 0 Å². The summed E-state index contributed by atoms with van der Waals surface area (Å²) in [7, 11) is 3.19. The maximum absolute atomic E-state index is 11.0. The van der Waals surface area contributed by atoms with Crippen molar-refractivity contribution in [1.29, 1.82) is 0 Å². The van der Waals surface area contributed by atoms with Gasteiger partial charge in [0.15, 0.2) is 5.82 Å². The first kappa shape index (κ1) is 19.1. The third-order valence-electron chi connectivity index (χ3n) is 4.18. The summed E-state index contributed by atoms with van der Waals surface area (Å²) in [6.07, 6.45) is 3.05. The standard InChI is InChI=1S/C17H21N7O4/c1-12-18-10-17(24(25)26)23(12)5-4-22-11-14(20-21-22)9-19-13-6-15(27-2)8-16(7-13)28-3/h6-8,10-11,19H,4-5,9H2,1-3H3. The van der Waals surface area contributed by atoms with E-state index in [0.717, 1.165) is 11.4 Å². The lowest BCUT2D eigenvalue weighted by Gasteiger charge is -2.09. The minimum Gasteiger partial charge on any atom is -0.497 e. The molecule has 0 aliphatic heterocycles. The number of hydrogen-bond donors (Lipinski definition) is 1. The molecule has 1 N–H and O–H groups in total. The van der Waals surface area contributed by atoms with E-state index in [2.05, 4.69) is 20.6 Å². The van der Waals surface area contributed by atoms with E-state index in [0.29, 0.717) is 37.0 Å². The zero-order chi connectivity index (χ0) is 20.1. The van der Waals surface area contributed by atoms with Crippen molar-refractivity contribution in [2.75, 3.05) is 19.5 Å². The van der Waals surface area contributed by atoms with Crippen molar-refractivity contribution in [1.82, 2.24) is 24.5 Å². The number of nitrogens with zero attached hydrogens (tertiary/aromatic N) is 6. The largest absolute Gasteiger partial charge is 0.497 e. The van der Waals surface area contributed by atoms with Crippen LogP contribution in [-0.2, 0) is 19.6 Å². The van der Waals surface area contributed by atoms with Crippen molar-refractivity contribution >= 4 is 11.5 Å². The average molecular weight is 387 g/mol. The van der Waals surface area contributed by atoms with Crippen LogP contribution in [0.1, 0.15) is 11.5 Å². The molecule has 0 fully saturated rings. The number of imidazole rings is 1. The predicted octanol–water partition coefficient (Wildman–Crippen LogP) is 2.02. The van der Waals surface area contributed by atoms with Crippen molar-refractivity contribution in [3.05, 3.63) is 52.2 Å². The van der Waals surface area contributed by atoms with Gasteiger partial charge in [-0.25, -0.2) is 14.2 Å². The Kier molecular flexibility index (Phi) is 5.72. The Bertz CT molecular complexity index is 944. The molecule has 3 rings (SSSR count). The third-order valence-corrected chi connectivity index (χ3v) is 4.18. The minimum atomic E-state index is -0.445. The molecule has 0 saturated carbocycles. The number of aryl methyl sites for hydroxylation is 2. The van der Waals surface area contributed by atoms with Crippen molar-refractivity contribution in [2.24, 2.45) is 0 Å². The van der Waals surface area contributed by atoms with Gasteiger partial charge in [-0.2, -0.15) is 0 Å². The third kappa shape index (κ3) is 4.37. The minimum absolute atomic E-state index is 0.0357. The highest BCUT2D eigenvalue weighted by molar-refractivity contribution is 5.53. The van der Waals surface area contributed by atoms with Crippen LogP contribution in [0.15, 0.2) is 30.6 Å². The van der Waals surface area contributed by atoms with E-state index in [1.165, 1.54) is 6.20 Å². The van der Waals surface area contributed by atoms with Gasteiger partial charge in [0.05, 0.1) is 33.5 Å². The van der Waals surface area contributed by atoms with E-state index in [1.54, 1.807) is 42.7 Å². The Balaban J connectivity index is 1.61. The molecule has 0 saturated heterocycles. The van der Waals surface area contributed by atoms with Gasteiger partial charge in [-0.05, 0) is 4.92 Å². The maximum Gasteiger partial charge on any atom is 0.342 e. The first-order chi connectivity index (χ1) is 13.5. The van der Waals surface area contributed by atoms with Crippen LogP contribution >= 0.6 is 0 Å². The second-order valence-electron chi connectivity index (χ2n) is 6.00. The molecular formula is C17H21N7O4. The number of methoxy groups -OCH3 is 2. The van der Waals surface area contributed by atoms with Gasteiger partial charge in [-0.3, -0.25) is 0 Å². The quantitative estimate of drug-likeness (QED) is 0.437. The molecule has 0 aliphatic rings. The number of benzene rings is 1. The summed E-state index contributed by atoms with van der Waals surface area (Å²) in [5.41, 5.74) is 1.56. The van der Waals surface area contributed by atoms with Crippen LogP contribution in [0.3, 0.4) is 0 Å². The van der Waals surface area contributed by atoms with E-state index < -0.39 is 4.92 Å². The first-order valence-corrected chi connectivity index (χ1v) is 8.52. The Morgan fingerprint density at radius 2 is 1.89 bits per heavy atom. The SMILES string of the molecule is COc1cc(NCc2cn(CCn3c([N+](=O)[O-])cnc3C)nn2)cc(OC)c1. The lowest BCUT2D eigenvalue weighted by atomic mass is 10.2. The van der Waals surface area contributed by atoms with Crippen molar-refractivity contribution in [3.63, 3.8) is 0 Å². The fourth-order valence-electron chi connectivity index (χ4n) is 2.71. The van der Waals surface area contributed by atoms with Crippen molar-refractivity contribution < 1.29 is 14.4 Å². The van der Waals surface area contributed by atoms with Crippen LogP contribution in [0, 0.1) is 17.0 Å². The number of nitro groups is 1. The monoisotopic (exact) mass is 387 g/mol. The molecule has 0 amide bonds. The molecular weight excluding hydrogens is 366 g/mol. The maximum atomic E-state index is 11.0. The van der Waals surface area contributed by atoms with Gasteiger partial charge in [0.1, 0.15) is 29.9 Å². The topological polar surface area (TPSA) is 122 Å². The second kappa shape index (κ2) is 8.37. The molecule has 0 radical (unpaired) electrons. The van der Waals surface area contributed by atoms with Gasteiger partial charge in [0, 0.05) is 30.8 Å². The smallest absolute Gasteiger partial charge is 0.342 e. The molecule has 0 aliphatic carbocycles. The summed E-state index contributed by atoms with van der Waals surface area (Å²) in [6, 6.07) is 5.50. The summed E-state index contributed by atoms with van der Waals surface area (Å²) in [5, 5.41) is 22.5. The summed E-state index contributed by atoms with van der Waals surface area (Å²) in [4.78, 5) is 14.6. The van der Waals surface area contributed by atoms with Gasteiger partial charge >= 0.3 is 5.82 Å². The Morgan fingerprint density at radius 1 is 1.18 bits per heavy atom. The molecule has 11 nitrogen and oxygen atoms in total. The van der Waals surface area contributed by atoms with Gasteiger partial charge in [-0.15, -0.1) is 5.10 Å². The molecule has 0 atom stereocenters. The highest BCUT2D eigenvalue weighted by Gasteiger charge is 2.17. The molecule has 148 valence electrons. The highest BCUT2D eigenvalue weighted by atomic mass is 16.6. The van der Waals surface area contributed by atoms with E-state index in [4.69, 9.17) is 9.47 Å². The van der Waals surface area contributed by atoms with E-state index in [1.807, 2.05) is 12.1 Å². The normalized spacial score (nSPS) is 10.7. The van der Waals surface area contributed by atoms with Crippen LogP contribution in [0.25, 0.3) is 0 Å². The van der Waals surface area contributed by atoms with Gasteiger partial charge < -0.3 is 24.9 Å².